The molecule has 2 N–H and O–H groups in total. The van der Waals surface area contributed by atoms with Gasteiger partial charge in [0.2, 0.25) is 11.8 Å². The Morgan fingerprint density at radius 3 is 2.45 bits per heavy atom. The molecule has 1 aromatic carbocycles. The first-order chi connectivity index (χ1) is 14.2. The Hall–Kier alpha value is -1.92. The third-order valence-electron chi connectivity index (χ3n) is 6.63. The molecule has 1 aliphatic heterocycles. The fourth-order valence-corrected chi connectivity index (χ4v) is 4.67. The third kappa shape index (κ3) is 5.58. The number of benzene rings is 1. The van der Waals surface area contributed by atoms with Gasteiger partial charge in [-0.3, -0.25) is 14.5 Å². The van der Waals surface area contributed by atoms with E-state index in [1.165, 1.54) is 5.56 Å². The summed E-state index contributed by atoms with van der Waals surface area (Å²) in [4.78, 5) is 27.3. The summed E-state index contributed by atoms with van der Waals surface area (Å²) >= 11 is 0. The highest BCUT2D eigenvalue weighted by molar-refractivity contribution is 5.83. The minimum Gasteiger partial charge on any atom is -0.379 e. The van der Waals surface area contributed by atoms with Crippen molar-refractivity contribution in [1.82, 2.24) is 15.5 Å². The molecule has 6 nitrogen and oxygen atoms in total. The fraction of sp³-hybridized carbons (Fsp3) is 0.652. The van der Waals surface area contributed by atoms with Crippen LogP contribution in [-0.2, 0) is 14.3 Å². The van der Waals surface area contributed by atoms with E-state index in [4.69, 9.17) is 4.74 Å². The van der Waals surface area contributed by atoms with Crippen LogP contribution in [-0.4, -0.2) is 62.1 Å². The number of nitrogens with one attached hydrogen (secondary N) is 2. The number of carbonyl (C=O) groups is 2. The zero-order valence-corrected chi connectivity index (χ0v) is 17.1. The van der Waals surface area contributed by atoms with Crippen LogP contribution in [0.1, 0.15) is 43.6 Å². The van der Waals surface area contributed by atoms with Crippen molar-refractivity contribution in [2.24, 2.45) is 11.8 Å². The van der Waals surface area contributed by atoms with E-state index in [0.717, 1.165) is 65.0 Å². The van der Waals surface area contributed by atoms with Gasteiger partial charge in [-0.1, -0.05) is 30.3 Å². The molecule has 1 aromatic rings. The van der Waals surface area contributed by atoms with Gasteiger partial charge >= 0.3 is 0 Å². The Balaban J connectivity index is 1.12. The molecule has 6 heteroatoms. The second kappa shape index (κ2) is 9.72. The Morgan fingerprint density at radius 1 is 1.00 bits per heavy atom. The second-order valence-electron chi connectivity index (χ2n) is 8.66. The van der Waals surface area contributed by atoms with Gasteiger partial charge in [-0.15, -0.1) is 0 Å². The summed E-state index contributed by atoms with van der Waals surface area (Å²) in [7, 11) is 0. The van der Waals surface area contributed by atoms with Gasteiger partial charge in [0.1, 0.15) is 0 Å². The third-order valence-corrected chi connectivity index (χ3v) is 6.63. The molecule has 0 spiro atoms. The summed E-state index contributed by atoms with van der Waals surface area (Å²) in [5.41, 5.74) is 1.27. The zero-order valence-electron chi connectivity index (χ0n) is 17.1. The van der Waals surface area contributed by atoms with Gasteiger partial charge in [-0.25, -0.2) is 0 Å². The summed E-state index contributed by atoms with van der Waals surface area (Å²) in [6, 6.07) is 10.5. The van der Waals surface area contributed by atoms with Gasteiger partial charge in [0.15, 0.2) is 0 Å². The Morgan fingerprint density at radius 2 is 1.72 bits per heavy atom. The Labute approximate surface area is 173 Å². The maximum atomic E-state index is 12.6. The smallest absolute Gasteiger partial charge is 0.223 e. The SMILES string of the molecule is O=C(NCCN1CCOCC1)C1CCC(NC(=O)[C@@H]2C[C@H]2c2ccccc2)CC1. The Bertz CT molecular complexity index is 682. The highest BCUT2D eigenvalue weighted by Crippen LogP contribution is 2.47. The predicted molar refractivity (Wildman–Crippen MR) is 111 cm³/mol. The van der Waals surface area contributed by atoms with Crippen LogP contribution in [0.25, 0.3) is 0 Å². The van der Waals surface area contributed by atoms with Gasteiger partial charge in [0, 0.05) is 44.1 Å². The monoisotopic (exact) mass is 399 g/mol. The molecule has 0 radical (unpaired) electrons. The van der Waals surface area contributed by atoms with Crippen LogP contribution in [0.4, 0.5) is 0 Å². The van der Waals surface area contributed by atoms with E-state index in [1.807, 2.05) is 18.2 Å². The summed E-state index contributed by atoms with van der Waals surface area (Å²) in [6.45, 7) is 5.08. The van der Waals surface area contributed by atoms with Gasteiger partial charge < -0.3 is 15.4 Å². The minimum atomic E-state index is 0.0887. The number of hydrogen-bond donors (Lipinski definition) is 2. The normalized spacial score (nSPS) is 29.8. The van der Waals surface area contributed by atoms with Crippen LogP contribution in [0.2, 0.25) is 0 Å². The van der Waals surface area contributed by atoms with Crippen molar-refractivity contribution < 1.29 is 14.3 Å². The number of carbonyl (C=O) groups excluding carboxylic acids is 2. The molecule has 2 atom stereocenters. The first kappa shape index (κ1) is 20.4. The highest BCUT2D eigenvalue weighted by atomic mass is 16.5. The number of ether oxygens (including phenoxy) is 1. The lowest BCUT2D eigenvalue weighted by molar-refractivity contribution is -0.126. The molecule has 0 bridgehead atoms. The van der Waals surface area contributed by atoms with Gasteiger partial charge in [0.25, 0.3) is 0 Å². The fourth-order valence-electron chi connectivity index (χ4n) is 4.67. The maximum absolute atomic E-state index is 12.6. The van der Waals surface area contributed by atoms with Crippen molar-refractivity contribution >= 4 is 11.8 Å². The highest BCUT2D eigenvalue weighted by Gasteiger charge is 2.44. The minimum absolute atomic E-state index is 0.0887. The van der Waals surface area contributed by atoms with Crippen LogP contribution in [0.15, 0.2) is 30.3 Å². The average molecular weight is 400 g/mol. The first-order valence-electron chi connectivity index (χ1n) is 11.1. The lowest BCUT2D eigenvalue weighted by Crippen LogP contribution is -2.44. The summed E-state index contributed by atoms with van der Waals surface area (Å²) in [5.74, 6) is 0.959. The number of hydrogen-bond acceptors (Lipinski definition) is 4. The number of morpholine rings is 1. The molecule has 1 heterocycles. The van der Waals surface area contributed by atoms with Crippen LogP contribution in [0.5, 0.6) is 0 Å². The standard InChI is InChI=1S/C23H33N3O3/c27-22(24-10-11-26-12-14-29-15-13-26)18-6-8-19(9-7-18)25-23(28)21-16-20(21)17-4-2-1-3-5-17/h1-5,18-21H,6-16H2,(H,24,27)(H,25,28)/t18?,19?,20-,21+/m0/s1. The molecule has 2 aliphatic carbocycles. The van der Waals surface area contributed by atoms with Crippen molar-refractivity contribution in [3.63, 3.8) is 0 Å². The van der Waals surface area contributed by atoms with Crippen molar-refractivity contribution in [2.45, 2.75) is 44.1 Å². The van der Waals surface area contributed by atoms with Gasteiger partial charge in [-0.05, 0) is 43.6 Å². The van der Waals surface area contributed by atoms with Crippen LogP contribution < -0.4 is 10.6 Å². The van der Waals surface area contributed by atoms with Crippen LogP contribution in [0, 0.1) is 11.8 Å². The molecule has 1 saturated heterocycles. The maximum Gasteiger partial charge on any atom is 0.223 e. The quantitative estimate of drug-likeness (QED) is 0.735. The van der Waals surface area contributed by atoms with Crippen LogP contribution >= 0.6 is 0 Å². The molecular weight excluding hydrogens is 366 g/mol. The first-order valence-corrected chi connectivity index (χ1v) is 11.1. The lowest BCUT2D eigenvalue weighted by Gasteiger charge is -2.29. The molecule has 2 saturated carbocycles. The van der Waals surface area contributed by atoms with E-state index >= 15 is 0 Å². The number of rotatable bonds is 7. The predicted octanol–water partition coefficient (Wildman–Crippen LogP) is 1.91. The molecule has 0 unspecified atom stereocenters. The molecule has 29 heavy (non-hydrogen) atoms. The molecule has 2 amide bonds. The Kier molecular flexibility index (Phi) is 6.82. The van der Waals surface area contributed by atoms with Crippen molar-refractivity contribution in [3.8, 4) is 0 Å². The van der Waals surface area contributed by atoms with E-state index in [0.29, 0.717) is 12.5 Å². The summed E-state index contributed by atoms with van der Waals surface area (Å²) in [5, 5.41) is 6.34. The van der Waals surface area contributed by atoms with Gasteiger partial charge in [0.05, 0.1) is 13.2 Å². The molecule has 0 aromatic heterocycles. The number of amides is 2. The van der Waals surface area contributed by atoms with Crippen molar-refractivity contribution in [1.29, 1.82) is 0 Å². The molecule has 4 rings (SSSR count). The van der Waals surface area contributed by atoms with E-state index in [2.05, 4.69) is 27.7 Å². The number of nitrogens with zero attached hydrogens (tertiary/aromatic N) is 1. The van der Waals surface area contributed by atoms with Crippen molar-refractivity contribution in [2.75, 3.05) is 39.4 Å². The molecule has 3 fully saturated rings. The van der Waals surface area contributed by atoms with E-state index in [1.54, 1.807) is 0 Å². The molecular formula is C23H33N3O3. The van der Waals surface area contributed by atoms with E-state index < -0.39 is 0 Å². The van der Waals surface area contributed by atoms with E-state index in [9.17, 15) is 9.59 Å². The average Bonchev–Trinajstić information content (AvgIpc) is 3.57. The molecule has 158 valence electrons. The van der Waals surface area contributed by atoms with Crippen LogP contribution in [0.3, 0.4) is 0 Å². The summed E-state index contributed by atoms with van der Waals surface area (Å²) in [6.07, 6.45) is 4.48. The molecule has 3 aliphatic rings. The lowest BCUT2D eigenvalue weighted by atomic mass is 9.85. The largest absolute Gasteiger partial charge is 0.379 e. The second-order valence-corrected chi connectivity index (χ2v) is 8.66. The van der Waals surface area contributed by atoms with E-state index in [-0.39, 0.29) is 29.7 Å². The van der Waals surface area contributed by atoms with Gasteiger partial charge in [-0.2, -0.15) is 0 Å². The topological polar surface area (TPSA) is 70.7 Å². The zero-order chi connectivity index (χ0) is 20.1. The summed E-state index contributed by atoms with van der Waals surface area (Å²) < 4.78 is 5.35. The van der Waals surface area contributed by atoms with Crippen molar-refractivity contribution in [3.05, 3.63) is 35.9 Å².